The van der Waals surface area contributed by atoms with Crippen LogP contribution in [0.1, 0.15) is 17.5 Å². The first-order valence-corrected chi connectivity index (χ1v) is 7.19. The van der Waals surface area contributed by atoms with E-state index in [1.165, 1.54) is 34.1 Å². The SMILES string of the molecule is Brc1ccc2c(c1)N(Cc1ccccc1)CCC2. The van der Waals surface area contributed by atoms with E-state index in [1.807, 2.05) is 0 Å². The molecule has 18 heavy (non-hydrogen) atoms. The van der Waals surface area contributed by atoms with Gasteiger partial charge in [-0.25, -0.2) is 0 Å². The van der Waals surface area contributed by atoms with Gasteiger partial charge in [0, 0.05) is 23.2 Å². The smallest absolute Gasteiger partial charge is 0.0429 e. The first-order valence-electron chi connectivity index (χ1n) is 6.40. The zero-order valence-corrected chi connectivity index (χ0v) is 11.9. The molecule has 2 aromatic rings. The maximum absolute atomic E-state index is 3.58. The summed E-state index contributed by atoms with van der Waals surface area (Å²) in [5.74, 6) is 0. The predicted molar refractivity (Wildman–Crippen MR) is 80.0 cm³/mol. The van der Waals surface area contributed by atoms with E-state index in [4.69, 9.17) is 0 Å². The lowest BCUT2D eigenvalue weighted by molar-refractivity contribution is 0.691. The molecule has 0 aliphatic carbocycles. The Morgan fingerprint density at radius 1 is 1.06 bits per heavy atom. The molecule has 0 saturated heterocycles. The van der Waals surface area contributed by atoms with Crippen LogP contribution in [0.15, 0.2) is 53.0 Å². The van der Waals surface area contributed by atoms with Gasteiger partial charge in [0.25, 0.3) is 0 Å². The summed E-state index contributed by atoms with van der Waals surface area (Å²) in [4.78, 5) is 2.49. The Morgan fingerprint density at radius 3 is 2.72 bits per heavy atom. The minimum atomic E-state index is 1.00. The van der Waals surface area contributed by atoms with Crippen LogP contribution in [0.2, 0.25) is 0 Å². The van der Waals surface area contributed by atoms with Crippen molar-refractivity contribution in [2.75, 3.05) is 11.4 Å². The molecule has 0 N–H and O–H groups in total. The van der Waals surface area contributed by atoms with Crippen LogP contribution in [0.5, 0.6) is 0 Å². The molecule has 1 aliphatic heterocycles. The zero-order valence-electron chi connectivity index (χ0n) is 10.3. The van der Waals surface area contributed by atoms with Crippen LogP contribution in [-0.2, 0) is 13.0 Å². The second-order valence-electron chi connectivity index (χ2n) is 4.78. The van der Waals surface area contributed by atoms with E-state index in [9.17, 15) is 0 Å². The first-order chi connectivity index (χ1) is 8.83. The lowest BCUT2D eigenvalue weighted by Gasteiger charge is -2.31. The van der Waals surface area contributed by atoms with Crippen LogP contribution in [0.25, 0.3) is 0 Å². The molecule has 0 bridgehead atoms. The molecule has 1 aliphatic rings. The molecular weight excluding hydrogens is 286 g/mol. The van der Waals surface area contributed by atoms with Crippen molar-refractivity contribution in [3.8, 4) is 0 Å². The minimum Gasteiger partial charge on any atom is -0.367 e. The highest BCUT2D eigenvalue weighted by Crippen LogP contribution is 2.31. The van der Waals surface area contributed by atoms with Crippen molar-refractivity contribution in [2.45, 2.75) is 19.4 Å². The third-order valence-electron chi connectivity index (χ3n) is 3.48. The number of hydrogen-bond acceptors (Lipinski definition) is 1. The fourth-order valence-electron chi connectivity index (χ4n) is 2.59. The molecule has 0 aromatic heterocycles. The Balaban J connectivity index is 1.89. The molecule has 0 radical (unpaired) electrons. The number of fused-ring (bicyclic) bond motifs is 1. The number of rotatable bonds is 2. The minimum absolute atomic E-state index is 1.00. The van der Waals surface area contributed by atoms with Crippen LogP contribution in [0.4, 0.5) is 5.69 Å². The van der Waals surface area contributed by atoms with E-state index in [2.05, 4.69) is 69.4 Å². The maximum atomic E-state index is 3.58. The van der Waals surface area contributed by atoms with Crippen LogP contribution < -0.4 is 4.90 Å². The van der Waals surface area contributed by atoms with Gasteiger partial charge in [0.15, 0.2) is 0 Å². The van der Waals surface area contributed by atoms with Gasteiger partial charge in [-0.1, -0.05) is 52.3 Å². The molecule has 3 rings (SSSR count). The maximum Gasteiger partial charge on any atom is 0.0429 e. The van der Waals surface area contributed by atoms with Crippen molar-refractivity contribution >= 4 is 21.6 Å². The van der Waals surface area contributed by atoms with Gasteiger partial charge in [0.2, 0.25) is 0 Å². The lowest BCUT2D eigenvalue weighted by atomic mass is 10.0. The Morgan fingerprint density at radius 2 is 1.89 bits per heavy atom. The van der Waals surface area contributed by atoms with E-state index < -0.39 is 0 Å². The molecule has 0 saturated carbocycles. The van der Waals surface area contributed by atoms with Crippen molar-refractivity contribution in [3.05, 3.63) is 64.1 Å². The summed E-state index contributed by atoms with van der Waals surface area (Å²) >= 11 is 3.58. The highest BCUT2D eigenvalue weighted by molar-refractivity contribution is 9.10. The number of nitrogens with zero attached hydrogens (tertiary/aromatic N) is 1. The van der Waals surface area contributed by atoms with Crippen molar-refractivity contribution in [2.24, 2.45) is 0 Å². The molecule has 2 heteroatoms. The number of benzene rings is 2. The Hall–Kier alpha value is -1.28. The number of aryl methyl sites for hydroxylation is 1. The molecule has 92 valence electrons. The largest absolute Gasteiger partial charge is 0.367 e. The molecule has 1 heterocycles. The van der Waals surface area contributed by atoms with Gasteiger partial charge < -0.3 is 4.90 Å². The average Bonchev–Trinajstić information content (AvgIpc) is 2.41. The van der Waals surface area contributed by atoms with Gasteiger partial charge in [0.1, 0.15) is 0 Å². The summed E-state index contributed by atoms with van der Waals surface area (Å²) in [6, 6.07) is 17.3. The van der Waals surface area contributed by atoms with Crippen LogP contribution >= 0.6 is 15.9 Å². The Labute approximate surface area is 117 Å². The van der Waals surface area contributed by atoms with E-state index in [0.717, 1.165) is 13.1 Å². The Bertz CT molecular complexity index is 536. The third kappa shape index (κ3) is 2.44. The summed E-state index contributed by atoms with van der Waals surface area (Å²) in [5.41, 5.74) is 4.24. The topological polar surface area (TPSA) is 3.24 Å². The van der Waals surface area contributed by atoms with Crippen molar-refractivity contribution in [3.63, 3.8) is 0 Å². The monoisotopic (exact) mass is 301 g/mol. The van der Waals surface area contributed by atoms with Gasteiger partial charge >= 0.3 is 0 Å². The molecule has 0 spiro atoms. The number of halogens is 1. The van der Waals surface area contributed by atoms with Gasteiger partial charge in [0.05, 0.1) is 0 Å². The van der Waals surface area contributed by atoms with Crippen molar-refractivity contribution in [1.82, 2.24) is 0 Å². The van der Waals surface area contributed by atoms with Crippen LogP contribution in [-0.4, -0.2) is 6.54 Å². The van der Waals surface area contributed by atoms with Crippen molar-refractivity contribution in [1.29, 1.82) is 0 Å². The Kier molecular flexibility index (Phi) is 3.37. The lowest BCUT2D eigenvalue weighted by Crippen LogP contribution is -2.28. The quantitative estimate of drug-likeness (QED) is 0.794. The average molecular weight is 302 g/mol. The van der Waals surface area contributed by atoms with Gasteiger partial charge in [-0.2, -0.15) is 0 Å². The zero-order chi connectivity index (χ0) is 12.4. The predicted octanol–water partition coefficient (Wildman–Crippen LogP) is 4.40. The highest BCUT2D eigenvalue weighted by atomic mass is 79.9. The number of anilines is 1. The van der Waals surface area contributed by atoms with E-state index in [0.29, 0.717) is 0 Å². The molecule has 0 unspecified atom stereocenters. The second-order valence-corrected chi connectivity index (χ2v) is 5.70. The summed E-state index contributed by atoms with van der Waals surface area (Å²) in [6.07, 6.45) is 2.45. The molecule has 0 amide bonds. The molecule has 0 atom stereocenters. The molecule has 1 nitrogen and oxygen atoms in total. The van der Waals surface area contributed by atoms with Crippen LogP contribution in [0, 0.1) is 0 Å². The summed E-state index contributed by atoms with van der Waals surface area (Å²) in [7, 11) is 0. The van der Waals surface area contributed by atoms with Gasteiger partial charge in [-0.15, -0.1) is 0 Å². The van der Waals surface area contributed by atoms with Crippen LogP contribution in [0.3, 0.4) is 0 Å². The summed E-state index contributed by atoms with van der Waals surface area (Å²) < 4.78 is 1.17. The van der Waals surface area contributed by atoms with E-state index in [1.54, 1.807) is 0 Å². The van der Waals surface area contributed by atoms with E-state index >= 15 is 0 Å². The van der Waals surface area contributed by atoms with E-state index in [-0.39, 0.29) is 0 Å². The molecule has 2 aromatic carbocycles. The second kappa shape index (κ2) is 5.15. The fourth-order valence-corrected chi connectivity index (χ4v) is 2.94. The van der Waals surface area contributed by atoms with Crippen molar-refractivity contribution < 1.29 is 0 Å². The third-order valence-corrected chi connectivity index (χ3v) is 3.97. The fraction of sp³-hybridized carbons (Fsp3) is 0.250. The van der Waals surface area contributed by atoms with Gasteiger partial charge in [-0.3, -0.25) is 0 Å². The first kappa shape index (κ1) is 11.8. The molecular formula is C16H16BrN. The summed E-state index contributed by atoms with van der Waals surface area (Å²) in [6.45, 7) is 2.16. The number of hydrogen-bond donors (Lipinski definition) is 0. The molecule has 0 fully saturated rings. The standard InChI is InChI=1S/C16H16BrN/c17-15-9-8-14-7-4-10-18(16(14)11-15)12-13-5-2-1-3-6-13/h1-3,5-6,8-9,11H,4,7,10,12H2. The normalized spacial score (nSPS) is 14.4. The highest BCUT2D eigenvalue weighted by Gasteiger charge is 2.16. The summed E-state index contributed by atoms with van der Waals surface area (Å²) in [5, 5.41) is 0. The van der Waals surface area contributed by atoms with Gasteiger partial charge in [-0.05, 0) is 36.1 Å².